The standard InChI is InChI=1S/C23H27N3O2/c1-16-10-11-19(15-17(16)2)28-14-13-26-21-8-5-4-7-20(21)24-23(26)22-9-6-12-25(22)18(3)27/h4-5,7-8,10-11,15,22H,6,9,12-14H2,1-3H3/t22-/m0/s1. The first-order valence-corrected chi connectivity index (χ1v) is 9.97. The number of benzene rings is 2. The quantitative estimate of drug-likeness (QED) is 0.661. The lowest BCUT2D eigenvalue weighted by atomic mass is 10.1. The molecule has 5 nitrogen and oxygen atoms in total. The highest BCUT2D eigenvalue weighted by molar-refractivity contribution is 5.77. The van der Waals surface area contributed by atoms with E-state index in [1.54, 1.807) is 6.92 Å². The second-order valence-corrected chi connectivity index (χ2v) is 7.58. The van der Waals surface area contributed by atoms with E-state index in [-0.39, 0.29) is 11.9 Å². The molecule has 1 aliphatic rings. The summed E-state index contributed by atoms with van der Waals surface area (Å²) < 4.78 is 8.25. The van der Waals surface area contributed by atoms with E-state index >= 15 is 0 Å². The van der Waals surface area contributed by atoms with Crippen molar-refractivity contribution < 1.29 is 9.53 Å². The zero-order valence-electron chi connectivity index (χ0n) is 16.8. The molecule has 4 rings (SSSR count). The van der Waals surface area contributed by atoms with Crippen molar-refractivity contribution in [3.8, 4) is 5.75 Å². The van der Waals surface area contributed by atoms with Crippen molar-refractivity contribution in [3.05, 3.63) is 59.4 Å². The monoisotopic (exact) mass is 377 g/mol. The molecule has 0 bridgehead atoms. The lowest BCUT2D eigenvalue weighted by Crippen LogP contribution is -2.30. The predicted molar refractivity (Wildman–Crippen MR) is 111 cm³/mol. The van der Waals surface area contributed by atoms with Crippen LogP contribution in [0.3, 0.4) is 0 Å². The first-order valence-electron chi connectivity index (χ1n) is 9.97. The number of carbonyl (C=O) groups excluding carboxylic acids is 1. The van der Waals surface area contributed by atoms with Crippen LogP contribution in [0, 0.1) is 13.8 Å². The van der Waals surface area contributed by atoms with Gasteiger partial charge in [0.2, 0.25) is 5.91 Å². The van der Waals surface area contributed by atoms with E-state index < -0.39 is 0 Å². The lowest BCUT2D eigenvalue weighted by Gasteiger charge is -2.24. The average molecular weight is 377 g/mol. The fourth-order valence-electron chi connectivity index (χ4n) is 4.05. The van der Waals surface area contributed by atoms with Crippen molar-refractivity contribution in [1.29, 1.82) is 0 Å². The molecule has 5 heteroatoms. The Kier molecular flexibility index (Phi) is 5.07. The number of para-hydroxylation sites is 2. The average Bonchev–Trinajstić information content (AvgIpc) is 3.29. The van der Waals surface area contributed by atoms with E-state index in [9.17, 15) is 4.79 Å². The molecule has 2 aromatic carbocycles. The molecular weight excluding hydrogens is 350 g/mol. The van der Waals surface area contributed by atoms with Crippen LogP contribution < -0.4 is 4.74 Å². The van der Waals surface area contributed by atoms with Crippen molar-refractivity contribution in [1.82, 2.24) is 14.5 Å². The molecule has 146 valence electrons. The smallest absolute Gasteiger partial charge is 0.220 e. The Hall–Kier alpha value is -2.82. The van der Waals surface area contributed by atoms with Gasteiger partial charge in [-0.15, -0.1) is 0 Å². The van der Waals surface area contributed by atoms with Gasteiger partial charge in [0.1, 0.15) is 18.2 Å². The number of amides is 1. The summed E-state index contributed by atoms with van der Waals surface area (Å²) in [5.41, 5.74) is 4.56. The van der Waals surface area contributed by atoms with E-state index in [4.69, 9.17) is 9.72 Å². The Bertz CT molecular complexity index is 1010. The second kappa shape index (κ2) is 7.66. The zero-order chi connectivity index (χ0) is 19.7. The van der Waals surface area contributed by atoms with E-state index in [2.05, 4.69) is 36.6 Å². The maximum atomic E-state index is 12.1. The van der Waals surface area contributed by atoms with Crippen LogP contribution in [-0.2, 0) is 11.3 Å². The molecule has 0 aliphatic carbocycles. The fraction of sp³-hybridized carbons (Fsp3) is 0.391. The van der Waals surface area contributed by atoms with Crippen LogP contribution in [0.15, 0.2) is 42.5 Å². The van der Waals surface area contributed by atoms with E-state index in [0.717, 1.165) is 42.0 Å². The molecule has 0 N–H and O–H groups in total. The normalized spacial score (nSPS) is 16.7. The van der Waals surface area contributed by atoms with Gasteiger partial charge >= 0.3 is 0 Å². The minimum absolute atomic E-state index is 0.0477. The predicted octanol–water partition coefficient (Wildman–Crippen LogP) is 4.42. The van der Waals surface area contributed by atoms with Crippen molar-refractivity contribution in [2.45, 2.75) is 46.2 Å². The van der Waals surface area contributed by atoms with Crippen LogP contribution in [0.25, 0.3) is 11.0 Å². The van der Waals surface area contributed by atoms with Gasteiger partial charge in [-0.2, -0.15) is 0 Å². The molecule has 0 unspecified atom stereocenters. The number of likely N-dealkylation sites (tertiary alicyclic amines) is 1. The largest absolute Gasteiger partial charge is 0.492 e. The summed E-state index contributed by atoms with van der Waals surface area (Å²) in [7, 11) is 0. The molecule has 0 saturated carbocycles. The highest BCUT2D eigenvalue weighted by Crippen LogP contribution is 2.33. The van der Waals surface area contributed by atoms with Crippen molar-refractivity contribution in [2.24, 2.45) is 0 Å². The number of hydrogen-bond acceptors (Lipinski definition) is 3. The van der Waals surface area contributed by atoms with Gasteiger partial charge in [0.15, 0.2) is 0 Å². The van der Waals surface area contributed by atoms with Gasteiger partial charge in [-0.3, -0.25) is 4.79 Å². The number of imidazole rings is 1. The second-order valence-electron chi connectivity index (χ2n) is 7.58. The summed E-state index contributed by atoms with van der Waals surface area (Å²) >= 11 is 0. The summed E-state index contributed by atoms with van der Waals surface area (Å²) in [6.07, 6.45) is 1.98. The molecule has 1 aliphatic heterocycles. The van der Waals surface area contributed by atoms with Crippen LogP contribution >= 0.6 is 0 Å². The summed E-state index contributed by atoms with van der Waals surface area (Å²) in [6.45, 7) is 7.91. The highest BCUT2D eigenvalue weighted by atomic mass is 16.5. The number of hydrogen-bond donors (Lipinski definition) is 0. The maximum absolute atomic E-state index is 12.1. The molecule has 0 radical (unpaired) electrons. The van der Waals surface area contributed by atoms with Gasteiger partial charge < -0.3 is 14.2 Å². The molecule has 1 saturated heterocycles. The lowest BCUT2D eigenvalue weighted by molar-refractivity contribution is -0.129. The van der Waals surface area contributed by atoms with Crippen LogP contribution in [0.4, 0.5) is 0 Å². The molecule has 3 aromatic rings. The Morgan fingerprint density at radius 2 is 2.00 bits per heavy atom. The number of carbonyl (C=O) groups is 1. The molecule has 1 fully saturated rings. The van der Waals surface area contributed by atoms with Gasteiger partial charge in [-0.05, 0) is 62.1 Å². The molecule has 1 aromatic heterocycles. The molecule has 1 amide bonds. The molecule has 1 atom stereocenters. The van der Waals surface area contributed by atoms with E-state index in [0.29, 0.717) is 13.2 Å². The molecule has 0 spiro atoms. The Labute approximate surface area is 165 Å². The van der Waals surface area contributed by atoms with Crippen LogP contribution in [-0.4, -0.2) is 33.5 Å². The third-order valence-electron chi connectivity index (χ3n) is 5.70. The summed E-state index contributed by atoms with van der Waals surface area (Å²) in [5, 5.41) is 0. The fourth-order valence-corrected chi connectivity index (χ4v) is 4.05. The third-order valence-corrected chi connectivity index (χ3v) is 5.70. The molecular formula is C23H27N3O2. The number of aromatic nitrogens is 2. The summed E-state index contributed by atoms with van der Waals surface area (Å²) in [5.74, 6) is 1.98. The van der Waals surface area contributed by atoms with E-state index in [1.807, 2.05) is 29.2 Å². The zero-order valence-corrected chi connectivity index (χ0v) is 16.8. The highest BCUT2D eigenvalue weighted by Gasteiger charge is 2.32. The number of aryl methyl sites for hydroxylation is 2. The minimum Gasteiger partial charge on any atom is -0.492 e. The first kappa shape index (κ1) is 18.5. The maximum Gasteiger partial charge on any atom is 0.220 e. The Morgan fingerprint density at radius 1 is 1.18 bits per heavy atom. The summed E-state index contributed by atoms with van der Waals surface area (Å²) in [4.78, 5) is 18.9. The van der Waals surface area contributed by atoms with Crippen molar-refractivity contribution >= 4 is 16.9 Å². The van der Waals surface area contributed by atoms with Gasteiger partial charge in [0.05, 0.1) is 23.6 Å². The van der Waals surface area contributed by atoms with Gasteiger partial charge in [0.25, 0.3) is 0 Å². The van der Waals surface area contributed by atoms with E-state index in [1.165, 1.54) is 11.1 Å². The Morgan fingerprint density at radius 3 is 2.79 bits per heavy atom. The van der Waals surface area contributed by atoms with Gasteiger partial charge in [-0.1, -0.05) is 18.2 Å². The number of fused-ring (bicyclic) bond motifs is 1. The van der Waals surface area contributed by atoms with Crippen molar-refractivity contribution in [2.75, 3.05) is 13.2 Å². The summed E-state index contributed by atoms with van der Waals surface area (Å²) in [6, 6.07) is 14.4. The van der Waals surface area contributed by atoms with Crippen molar-refractivity contribution in [3.63, 3.8) is 0 Å². The minimum atomic E-state index is 0.0477. The van der Waals surface area contributed by atoms with Crippen LogP contribution in [0.1, 0.15) is 42.8 Å². The van der Waals surface area contributed by atoms with Crippen LogP contribution in [0.5, 0.6) is 5.75 Å². The Balaban J connectivity index is 1.60. The topological polar surface area (TPSA) is 47.4 Å². The van der Waals surface area contributed by atoms with Crippen LogP contribution in [0.2, 0.25) is 0 Å². The number of ether oxygens (including phenoxy) is 1. The number of nitrogens with zero attached hydrogens (tertiary/aromatic N) is 3. The first-order chi connectivity index (χ1) is 13.5. The van der Waals surface area contributed by atoms with Gasteiger partial charge in [0, 0.05) is 13.5 Å². The SMILES string of the molecule is CC(=O)N1CCC[C@H]1c1nc2ccccc2n1CCOc1ccc(C)c(C)c1. The molecule has 28 heavy (non-hydrogen) atoms. The number of rotatable bonds is 5. The third kappa shape index (κ3) is 3.49. The molecule has 2 heterocycles. The van der Waals surface area contributed by atoms with Gasteiger partial charge in [-0.25, -0.2) is 4.98 Å².